The second-order valence-corrected chi connectivity index (χ2v) is 5.36. The van der Waals surface area contributed by atoms with Crippen LogP contribution in [-0.2, 0) is 6.54 Å². The van der Waals surface area contributed by atoms with Crippen molar-refractivity contribution in [2.45, 2.75) is 39.0 Å². The van der Waals surface area contributed by atoms with Crippen LogP contribution in [0, 0.1) is 0 Å². The number of nitrogens with one attached hydrogen (secondary N) is 4. The summed E-state index contributed by atoms with van der Waals surface area (Å²) in [5, 5.41) is 4.38. The van der Waals surface area contributed by atoms with E-state index in [9.17, 15) is 0 Å². The van der Waals surface area contributed by atoms with Crippen LogP contribution < -0.4 is 26.6 Å². The molecule has 2 rings (SSSR count). The van der Waals surface area contributed by atoms with Gasteiger partial charge >= 0.3 is 0 Å². The molecule has 0 aliphatic carbocycles. The van der Waals surface area contributed by atoms with Crippen molar-refractivity contribution in [1.82, 2.24) is 21.2 Å². The third kappa shape index (κ3) is 4.71. The molecule has 0 saturated carbocycles. The number of hydrazine groups is 1. The van der Waals surface area contributed by atoms with Crippen LogP contribution in [0.1, 0.15) is 31.7 Å². The molecule has 2 aromatic rings. The van der Waals surface area contributed by atoms with Crippen molar-refractivity contribution in [2.75, 3.05) is 13.7 Å². The summed E-state index contributed by atoms with van der Waals surface area (Å²) in [6.07, 6.45) is 5.33. The van der Waals surface area contributed by atoms with Crippen molar-refractivity contribution in [3.8, 4) is 5.75 Å². The van der Waals surface area contributed by atoms with Crippen LogP contribution in [0.4, 0.5) is 0 Å². The average molecular weight is 305 g/mol. The first kappa shape index (κ1) is 16.8. The molecule has 0 aliphatic rings. The summed E-state index contributed by atoms with van der Waals surface area (Å²) < 4.78 is 5.27. The van der Waals surface area contributed by atoms with Gasteiger partial charge in [-0.15, -0.1) is 0 Å². The molecule has 122 valence electrons. The van der Waals surface area contributed by atoms with Gasteiger partial charge in [-0.1, -0.05) is 19.8 Å². The van der Waals surface area contributed by atoms with Crippen LogP contribution in [0.5, 0.6) is 5.75 Å². The largest absolute Gasteiger partial charge is 0.497 e. The lowest BCUT2D eigenvalue weighted by Gasteiger charge is -2.16. The molecule has 0 amide bonds. The van der Waals surface area contributed by atoms with Gasteiger partial charge in [0.15, 0.2) is 0 Å². The smallest absolute Gasteiger partial charge is 0.122 e. The topological polar surface area (TPSA) is 87.1 Å². The molecule has 1 aromatic carbocycles. The number of fused-ring (bicyclic) bond motifs is 1. The van der Waals surface area contributed by atoms with Crippen LogP contribution in [0.25, 0.3) is 10.9 Å². The Morgan fingerprint density at radius 3 is 2.95 bits per heavy atom. The van der Waals surface area contributed by atoms with E-state index in [2.05, 4.69) is 28.1 Å². The minimum atomic E-state index is -0.253. The van der Waals surface area contributed by atoms with Crippen molar-refractivity contribution >= 4 is 10.9 Å². The fraction of sp³-hybridized carbons (Fsp3) is 0.500. The lowest BCUT2D eigenvalue weighted by molar-refractivity contribution is 0.371. The first-order valence-corrected chi connectivity index (χ1v) is 7.86. The van der Waals surface area contributed by atoms with Gasteiger partial charge in [0.1, 0.15) is 12.0 Å². The van der Waals surface area contributed by atoms with E-state index in [4.69, 9.17) is 10.5 Å². The number of unbranched alkanes of at least 4 members (excludes halogenated alkanes) is 2. The second-order valence-electron chi connectivity index (χ2n) is 5.36. The minimum Gasteiger partial charge on any atom is -0.497 e. The lowest BCUT2D eigenvalue weighted by Crippen LogP contribution is -2.54. The van der Waals surface area contributed by atoms with Crippen molar-refractivity contribution in [3.05, 3.63) is 30.0 Å². The van der Waals surface area contributed by atoms with Crippen molar-refractivity contribution in [1.29, 1.82) is 0 Å². The van der Waals surface area contributed by atoms with E-state index in [1.165, 1.54) is 18.4 Å². The minimum absolute atomic E-state index is 0.253. The molecule has 0 aliphatic heterocycles. The number of aromatic amines is 1. The first-order chi connectivity index (χ1) is 10.7. The number of aromatic nitrogens is 1. The zero-order valence-electron chi connectivity index (χ0n) is 13.4. The number of ether oxygens (including phenoxy) is 1. The van der Waals surface area contributed by atoms with E-state index in [1.807, 2.05) is 24.4 Å². The predicted molar refractivity (Wildman–Crippen MR) is 90.3 cm³/mol. The highest BCUT2D eigenvalue weighted by Crippen LogP contribution is 2.23. The zero-order chi connectivity index (χ0) is 15.8. The normalized spacial score (nSPS) is 12.7. The molecular weight excluding hydrogens is 278 g/mol. The summed E-state index contributed by atoms with van der Waals surface area (Å²) in [5.74, 6) is 0.857. The van der Waals surface area contributed by atoms with Crippen LogP contribution in [0.2, 0.25) is 0 Å². The maximum atomic E-state index is 5.94. The molecule has 0 saturated heterocycles. The summed E-state index contributed by atoms with van der Waals surface area (Å²) in [7, 11) is 1.68. The van der Waals surface area contributed by atoms with Crippen LogP contribution >= 0.6 is 0 Å². The Morgan fingerprint density at radius 2 is 2.18 bits per heavy atom. The molecular formula is C16H27N5O. The Hall–Kier alpha value is -1.60. The van der Waals surface area contributed by atoms with Gasteiger partial charge in [-0.25, -0.2) is 5.43 Å². The summed E-state index contributed by atoms with van der Waals surface area (Å²) in [4.78, 5) is 3.26. The van der Waals surface area contributed by atoms with Gasteiger partial charge in [-0.05, 0) is 36.7 Å². The Balaban J connectivity index is 1.79. The van der Waals surface area contributed by atoms with Crippen LogP contribution in [0.15, 0.2) is 24.4 Å². The number of hydrogen-bond donors (Lipinski definition) is 5. The molecule has 1 heterocycles. The summed E-state index contributed by atoms with van der Waals surface area (Å²) in [5.41, 5.74) is 14.4. The number of benzene rings is 1. The molecule has 6 N–H and O–H groups in total. The zero-order valence-corrected chi connectivity index (χ0v) is 13.4. The van der Waals surface area contributed by atoms with Gasteiger partial charge in [-0.2, -0.15) is 0 Å². The number of hydrogen-bond acceptors (Lipinski definition) is 5. The van der Waals surface area contributed by atoms with Gasteiger partial charge in [0.25, 0.3) is 0 Å². The van der Waals surface area contributed by atoms with Crippen molar-refractivity contribution in [2.24, 2.45) is 5.73 Å². The third-order valence-electron chi connectivity index (χ3n) is 3.66. The molecule has 0 radical (unpaired) electrons. The molecule has 1 aromatic heterocycles. The average Bonchev–Trinajstić information content (AvgIpc) is 2.94. The Bertz CT molecular complexity index is 569. The lowest BCUT2D eigenvalue weighted by atomic mass is 10.1. The Labute approximate surface area is 131 Å². The summed E-state index contributed by atoms with van der Waals surface area (Å²) in [6, 6.07) is 6.00. The third-order valence-corrected chi connectivity index (χ3v) is 3.66. The van der Waals surface area contributed by atoms with E-state index in [0.29, 0.717) is 6.54 Å². The molecule has 0 fully saturated rings. The van der Waals surface area contributed by atoms with Crippen LogP contribution in [-0.4, -0.2) is 24.9 Å². The molecule has 22 heavy (non-hydrogen) atoms. The van der Waals surface area contributed by atoms with Gasteiger partial charge in [-0.3, -0.25) is 10.7 Å². The van der Waals surface area contributed by atoms with E-state index < -0.39 is 0 Å². The van der Waals surface area contributed by atoms with Crippen molar-refractivity contribution < 1.29 is 4.74 Å². The maximum Gasteiger partial charge on any atom is 0.122 e. The molecule has 0 spiro atoms. The Kier molecular flexibility index (Phi) is 6.67. The first-order valence-electron chi connectivity index (χ1n) is 7.86. The summed E-state index contributed by atoms with van der Waals surface area (Å²) in [6.45, 7) is 3.79. The number of H-pyrrole nitrogens is 1. The monoisotopic (exact) mass is 305 g/mol. The second kappa shape index (κ2) is 8.75. The van der Waals surface area contributed by atoms with Gasteiger partial charge in [0.2, 0.25) is 0 Å². The van der Waals surface area contributed by atoms with Gasteiger partial charge in [0, 0.05) is 23.6 Å². The Morgan fingerprint density at radius 1 is 1.32 bits per heavy atom. The quantitative estimate of drug-likeness (QED) is 0.262. The van der Waals surface area contributed by atoms with E-state index in [1.54, 1.807) is 7.11 Å². The fourth-order valence-corrected chi connectivity index (χ4v) is 2.37. The molecule has 1 atom stereocenters. The highest BCUT2D eigenvalue weighted by Gasteiger charge is 2.05. The molecule has 1 unspecified atom stereocenters. The summed E-state index contributed by atoms with van der Waals surface area (Å²) >= 11 is 0. The molecule has 0 bridgehead atoms. The van der Waals surface area contributed by atoms with Crippen LogP contribution in [0.3, 0.4) is 0 Å². The number of nitrogens with two attached hydrogens (primary N) is 1. The van der Waals surface area contributed by atoms with Gasteiger partial charge in [0.05, 0.1) is 7.11 Å². The SMILES string of the molecule is CCCCCNC(N)NNCc1c[nH]c2ccc(OC)cc12. The standard InChI is InChI=1S/C16H27N5O/c1-3-4-5-8-18-16(17)21-20-11-12-10-19-15-7-6-13(22-2)9-14(12)15/h6-7,9-10,16,18-21H,3-5,8,11,17H2,1-2H3. The van der Waals surface area contributed by atoms with Crippen molar-refractivity contribution in [3.63, 3.8) is 0 Å². The molecule has 6 heteroatoms. The highest BCUT2D eigenvalue weighted by molar-refractivity contribution is 5.84. The van der Waals surface area contributed by atoms with E-state index in [-0.39, 0.29) is 6.29 Å². The predicted octanol–water partition coefficient (Wildman–Crippen LogP) is 1.79. The van der Waals surface area contributed by atoms with E-state index in [0.717, 1.165) is 29.6 Å². The number of methoxy groups -OCH3 is 1. The maximum absolute atomic E-state index is 5.94. The highest BCUT2D eigenvalue weighted by atomic mass is 16.5. The van der Waals surface area contributed by atoms with E-state index >= 15 is 0 Å². The fourth-order valence-electron chi connectivity index (χ4n) is 2.37. The molecule has 6 nitrogen and oxygen atoms in total. The number of rotatable bonds is 10. The van der Waals surface area contributed by atoms with Gasteiger partial charge < -0.3 is 15.5 Å².